The molecule has 39 valence electrons. The zero-order valence-corrected chi connectivity index (χ0v) is 3.68. The van der Waals surface area contributed by atoms with Gasteiger partial charge in [0.25, 0.3) is 0 Å². The molecule has 7 heavy (non-hydrogen) atoms. The Bertz CT molecular complexity index is 104. The van der Waals surface area contributed by atoms with Crippen LogP contribution in [0.15, 0.2) is 0 Å². The molecule has 1 saturated carbocycles. The molecule has 1 aliphatic carbocycles. The normalized spacial score (nSPS) is 24.1. The Kier molecular flexibility index (Phi) is 0.642. The predicted octanol–water partition coefficient (Wildman–Crippen LogP) is -0.532. The van der Waals surface area contributed by atoms with Crippen molar-refractivity contribution in [2.24, 2.45) is 0 Å². The monoisotopic (exact) mass is 101 g/mol. The van der Waals surface area contributed by atoms with Crippen molar-refractivity contribution in [3.8, 4) is 0 Å². The molecule has 0 atom stereocenters. The van der Waals surface area contributed by atoms with Crippen molar-refractivity contribution in [2.75, 3.05) is 0 Å². The third kappa shape index (κ3) is 0.587. The van der Waals surface area contributed by atoms with E-state index < -0.39 is 11.6 Å². The van der Waals surface area contributed by atoms with Crippen LogP contribution in [0.3, 0.4) is 0 Å². The topological polar surface area (TPSA) is 57.2 Å². The first kappa shape index (κ1) is 4.59. The SMILES string of the molecule is [O]C(=O)C1(O)CC1. The summed E-state index contributed by atoms with van der Waals surface area (Å²) in [7, 11) is 0. The van der Waals surface area contributed by atoms with Gasteiger partial charge in [0.05, 0.1) is 0 Å². The molecule has 1 radical (unpaired) electrons. The quantitative estimate of drug-likeness (QED) is 0.482. The first-order valence-corrected chi connectivity index (χ1v) is 2.09. The third-order valence-electron chi connectivity index (χ3n) is 1.10. The lowest BCUT2D eigenvalue weighted by Crippen LogP contribution is -2.18. The Hall–Kier alpha value is -0.570. The van der Waals surface area contributed by atoms with Crippen LogP contribution in [0.2, 0.25) is 0 Å². The highest BCUT2D eigenvalue weighted by molar-refractivity contribution is 5.79. The van der Waals surface area contributed by atoms with Gasteiger partial charge in [-0.1, -0.05) is 0 Å². The van der Waals surface area contributed by atoms with Crippen LogP contribution in [-0.4, -0.2) is 16.7 Å². The van der Waals surface area contributed by atoms with E-state index in [0.717, 1.165) is 0 Å². The van der Waals surface area contributed by atoms with Crippen molar-refractivity contribution in [3.63, 3.8) is 0 Å². The molecular weight excluding hydrogens is 96.0 g/mol. The molecule has 1 fully saturated rings. The summed E-state index contributed by atoms with van der Waals surface area (Å²) in [4.78, 5) is 9.72. The molecule has 0 heterocycles. The van der Waals surface area contributed by atoms with E-state index in [1.165, 1.54) is 0 Å². The van der Waals surface area contributed by atoms with Gasteiger partial charge in [-0.3, -0.25) is 0 Å². The molecule has 3 heteroatoms. The zero-order valence-electron chi connectivity index (χ0n) is 3.68. The first-order valence-electron chi connectivity index (χ1n) is 2.09. The molecule has 0 spiro atoms. The second-order valence-electron chi connectivity index (χ2n) is 1.82. The third-order valence-corrected chi connectivity index (χ3v) is 1.10. The van der Waals surface area contributed by atoms with E-state index in [9.17, 15) is 9.90 Å². The van der Waals surface area contributed by atoms with Crippen molar-refractivity contribution in [1.82, 2.24) is 0 Å². The lowest BCUT2D eigenvalue weighted by atomic mass is 10.4. The fourth-order valence-electron chi connectivity index (χ4n) is 0.323. The molecule has 0 aromatic carbocycles. The largest absolute Gasteiger partial charge is 0.386 e. The average molecular weight is 101 g/mol. The minimum absolute atomic E-state index is 0.356. The van der Waals surface area contributed by atoms with E-state index in [4.69, 9.17) is 5.11 Å². The van der Waals surface area contributed by atoms with Crippen LogP contribution in [0.5, 0.6) is 0 Å². The number of hydrogen-bond acceptors (Lipinski definition) is 2. The van der Waals surface area contributed by atoms with E-state index >= 15 is 0 Å². The molecule has 1 aliphatic rings. The van der Waals surface area contributed by atoms with Crippen LogP contribution >= 0.6 is 0 Å². The van der Waals surface area contributed by atoms with Crippen molar-refractivity contribution in [3.05, 3.63) is 0 Å². The Labute approximate surface area is 40.6 Å². The van der Waals surface area contributed by atoms with Gasteiger partial charge in [-0.05, 0) is 12.8 Å². The van der Waals surface area contributed by atoms with Crippen LogP contribution in [0, 0.1) is 0 Å². The molecule has 3 nitrogen and oxygen atoms in total. The summed E-state index contributed by atoms with van der Waals surface area (Å²) >= 11 is 0. The molecular formula is C4H5O3. The summed E-state index contributed by atoms with van der Waals surface area (Å²) in [6.45, 7) is 0. The summed E-state index contributed by atoms with van der Waals surface area (Å²) in [6.07, 6.45) is 0.713. The highest BCUT2D eigenvalue weighted by atomic mass is 16.4. The van der Waals surface area contributed by atoms with Gasteiger partial charge in [0.2, 0.25) is 0 Å². The molecule has 0 aliphatic heterocycles. The van der Waals surface area contributed by atoms with Crippen molar-refractivity contribution in [1.29, 1.82) is 0 Å². The van der Waals surface area contributed by atoms with E-state index in [-0.39, 0.29) is 0 Å². The summed E-state index contributed by atoms with van der Waals surface area (Å²) in [5.74, 6) is -1.34. The van der Waals surface area contributed by atoms with Crippen molar-refractivity contribution < 1.29 is 15.0 Å². The summed E-state index contributed by atoms with van der Waals surface area (Å²) in [5, 5.41) is 18.3. The van der Waals surface area contributed by atoms with Crippen LogP contribution in [0.1, 0.15) is 12.8 Å². The van der Waals surface area contributed by atoms with Gasteiger partial charge in [0.15, 0.2) is 5.60 Å². The second kappa shape index (κ2) is 0.980. The molecule has 1 rings (SSSR count). The zero-order chi connectivity index (χ0) is 5.49. The fraction of sp³-hybridized carbons (Fsp3) is 0.750. The Morgan fingerprint density at radius 3 is 2.00 bits per heavy atom. The Balaban J connectivity index is 2.55. The van der Waals surface area contributed by atoms with Gasteiger partial charge < -0.3 is 5.11 Å². The number of rotatable bonds is 1. The Morgan fingerprint density at radius 2 is 2.00 bits per heavy atom. The molecule has 1 N–H and O–H groups in total. The van der Waals surface area contributed by atoms with Gasteiger partial charge in [-0.15, -0.1) is 0 Å². The van der Waals surface area contributed by atoms with Crippen LogP contribution in [0.25, 0.3) is 0 Å². The molecule has 0 amide bonds. The second-order valence-corrected chi connectivity index (χ2v) is 1.82. The number of hydrogen-bond donors (Lipinski definition) is 1. The maximum atomic E-state index is 9.72. The molecule has 0 unspecified atom stereocenters. The van der Waals surface area contributed by atoms with E-state index in [2.05, 4.69) is 0 Å². The highest BCUT2D eigenvalue weighted by Gasteiger charge is 2.49. The van der Waals surface area contributed by atoms with Crippen LogP contribution in [-0.2, 0) is 9.90 Å². The van der Waals surface area contributed by atoms with Crippen LogP contribution < -0.4 is 0 Å². The minimum atomic E-state index is -1.44. The van der Waals surface area contributed by atoms with Gasteiger partial charge in [0, 0.05) is 0 Å². The van der Waals surface area contributed by atoms with E-state index in [1.54, 1.807) is 0 Å². The summed E-state index contributed by atoms with van der Waals surface area (Å²) in [6, 6.07) is 0. The minimum Gasteiger partial charge on any atom is -0.378 e. The maximum absolute atomic E-state index is 9.72. The smallest absolute Gasteiger partial charge is 0.378 e. The van der Waals surface area contributed by atoms with E-state index in [1.807, 2.05) is 0 Å². The first-order chi connectivity index (χ1) is 3.15. The lowest BCUT2D eigenvalue weighted by Gasteiger charge is -1.90. The average Bonchev–Trinajstić information content (AvgIpc) is 2.21. The molecule has 0 saturated heterocycles. The standard InChI is InChI=1S/C4H5O3/c5-3(6)4(7)1-2-4/h7H,1-2H2. The molecule has 0 aromatic heterocycles. The predicted molar refractivity (Wildman–Crippen MR) is 19.9 cm³/mol. The number of carbonyl (C=O) groups is 1. The maximum Gasteiger partial charge on any atom is 0.386 e. The van der Waals surface area contributed by atoms with Crippen molar-refractivity contribution in [2.45, 2.75) is 18.4 Å². The number of carbonyl (C=O) groups excluding carboxylic acids is 1. The molecule has 0 aromatic rings. The van der Waals surface area contributed by atoms with Gasteiger partial charge >= 0.3 is 5.97 Å². The van der Waals surface area contributed by atoms with Crippen molar-refractivity contribution >= 4 is 5.97 Å². The fourth-order valence-corrected chi connectivity index (χ4v) is 0.323. The van der Waals surface area contributed by atoms with Gasteiger partial charge in [-0.2, -0.15) is 0 Å². The highest BCUT2D eigenvalue weighted by Crippen LogP contribution is 2.34. The Morgan fingerprint density at radius 1 is 1.57 bits per heavy atom. The molecule has 0 bridgehead atoms. The number of aliphatic hydroxyl groups is 1. The van der Waals surface area contributed by atoms with Gasteiger partial charge in [-0.25, -0.2) is 9.90 Å². The lowest BCUT2D eigenvalue weighted by molar-refractivity contribution is -0.155. The van der Waals surface area contributed by atoms with E-state index in [0.29, 0.717) is 12.8 Å². The summed E-state index contributed by atoms with van der Waals surface area (Å²) < 4.78 is 0. The summed E-state index contributed by atoms with van der Waals surface area (Å²) in [5.41, 5.74) is -1.44. The van der Waals surface area contributed by atoms with Crippen LogP contribution in [0.4, 0.5) is 0 Å². The van der Waals surface area contributed by atoms with Gasteiger partial charge in [0.1, 0.15) is 0 Å².